The van der Waals surface area contributed by atoms with Gasteiger partial charge in [0.15, 0.2) is 10.1 Å². The van der Waals surface area contributed by atoms with Crippen LogP contribution in [0.25, 0.3) is 11.0 Å². The van der Waals surface area contributed by atoms with Crippen molar-refractivity contribution in [1.82, 2.24) is 19.6 Å². The second-order valence-corrected chi connectivity index (χ2v) is 8.15. The molecule has 2 aromatic heterocycles. The van der Waals surface area contributed by atoms with E-state index in [4.69, 9.17) is 16.3 Å². The Morgan fingerprint density at radius 3 is 2.97 bits per heavy atom. The van der Waals surface area contributed by atoms with Crippen molar-refractivity contribution in [2.45, 2.75) is 18.9 Å². The number of nitrogens with zero attached hydrogens (tertiary/aromatic N) is 3. The molecular formula is C21H23ClN4O2S. The zero-order chi connectivity index (χ0) is 20.2. The molecule has 1 aromatic carbocycles. The standard InChI is InChI=1S/C21H23ClN4O2S/c1-28-18-7-3-2-6-15(18)17(25-10-4-5-11-25)14-23-19(27)9-8-16-20(22)24-21-26(16)12-13-29-21/h2-3,6-9,12-13,17H,4-5,10-11,14H2,1H3,(H,23,27)/b9-8+. The van der Waals surface area contributed by atoms with Gasteiger partial charge in [-0.1, -0.05) is 29.8 Å². The average molecular weight is 431 g/mol. The molecule has 1 saturated heterocycles. The van der Waals surface area contributed by atoms with Crippen LogP contribution in [0.4, 0.5) is 0 Å². The maximum atomic E-state index is 12.5. The molecule has 3 aromatic rings. The number of imidazole rings is 1. The highest BCUT2D eigenvalue weighted by Crippen LogP contribution is 2.31. The van der Waals surface area contributed by atoms with Crippen LogP contribution in [-0.2, 0) is 4.79 Å². The van der Waals surface area contributed by atoms with E-state index in [1.807, 2.05) is 34.2 Å². The summed E-state index contributed by atoms with van der Waals surface area (Å²) in [4.78, 5) is 20.0. The van der Waals surface area contributed by atoms with E-state index in [-0.39, 0.29) is 11.9 Å². The molecule has 0 spiro atoms. The summed E-state index contributed by atoms with van der Waals surface area (Å²) >= 11 is 7.69. The first-order valence-electron chi connectivity index (χ1n) is 9.61. The third kappa shape index (κ3) is 4.32. The predicted molar refractivity (Wildman–Crippen MR) is 117 cm³/mol. The number of carbonyl (C=O) groups is 1. The number of fused-ring (bicyclic) bond motifs is 1. The number of ether oxygens (including phenoxy) is 1. The first-order valence-corrected chi connectivity index (χ1v) is 10.9. The minimum atomic E-state index is -0.162. The summed E-state index contributed by atoms with van der Waals surface area (Å²) in [7, 11) is 1.68. The van der Waals surface area contributed by atoms with E-state index in [9.17, 15) is 4.79 Å². The van der Waals surface area contributed by atoms with E-state index in [0.29, 0.717) is 17.4 Å². The zero-order valence-corrected chi connectivity index (χ0v) is 17.7. The molecule has 1 N–H and O–H groups in total. The number of aromatic nitrogens is 2. The zero-order valence-electron chi connectivity index (χ0n) is 16.2. The molecule has 1 aliphatic rings. The van der Waals surface area contributed by atoms with Crippen LogP contribution >= 0.6 is 22.9 Å². The van der Waals surface area contributed by atoms with Crippen molar-refractivity contribution in [3.8, 4) is 5.75 Å². The van der Waals surface area contributed by atoms with Crippen molar-refractivity contribution in [3.63, 3.8) is 0 Å². The molecule has 6 nitrogen and oxygen atoms in total. The van der Waals surface area contributed by atoms with Gasteiger partial charge in [0.1, 0.15) is 5.75 Å². The molecule has 29 heavy (non-hydrogen) atoms. The minimum Gasteiger partial charge on any atom is -0.496 e. The van der Waals surface area contributed by atoms with E-state index in [0.717, 1.165) is 29.4 Å². The van der Waals surface area contributed by atoms with Gasteiger partial charge >= 0.3 is 0 Å². The van der Waals surface area contributed by atoms with Crippen molar-refractivity contribution in [2.75, 3.05) is 26.7 Å². The van der Waals surface area contributed by atoms with Crippen molar-refractivity contribution in [3.05, 3.63) is 58.3 Å². The number of hydrogen-bond donors (Lipinski definition) is 1. The molecule has 3 heterocycles. The van der Waals surface area contributed by atoms with Crippen LogP contribution in [0.3, 0.4) is 0 Å². The summed E-state index contributed by atoms with van der Waals surface area (Å²) in [6.07, 6.45) is 7.46. The third-order valence-electron chi connectivity index (χ3n) is 5.20. The van der Waals surface area contributed by atoms with E-state index in [2.05, 4.69) is 21.3 Å². The normalized spacial score (nSPS) is 15.9. The van der Waals surface area contributed by atoms with Gasteiger partial charge in [0.25, 0.3) is 0 Å². The van der Waals surface area contributed by atoms with E-state index in [1.54, 1.807) is 13.2 Å². The van der Waals surface area contributed by atoms with Gasteiger partial charge in [0.05, 0.1) is 18.8 Å². The number of halogens is 1. The first kappa shape index (κ1) is 19.9. The number of rotatable bonds is 7. The Balaban J connectivity index is 1.47. The topological polar surface area (TPSA) is 58.9 Å². The summed E-state index contributed by atoms with van der Waals surface area (Å²) in [5, 5.41) is 5.37. The van der Waals surface area contributed by atoms with E-state index >= 15 is 0 Å². The SMILES string of the molecule is COc1ccccc1C(CNC(=O)/C=C/c1c(Cl)nc2sccn12)N1CCCC1. The van der Waals surface area contributed by atoms with Crippen LogP contribution in [0.15, 0.2) is 41.9 Å². The molecule has 1 atom stereocenters. The fraction of sp³-hybridized carbons (Fsp3) is 0.333. The van der Waals surface area contributed by atoms with Crippen LogP contribution in [0.2, 0.25) is 5.15 Å². The van der Waals surface area contributed by atoms with Gasteiger partial charge in [0, 0.05) is 29.8 Å². The Labute approximate surface area is 178 Å². The highest BCUT2D eigenvalue weighted by atomic mass is 35.5. The lowest BCUT2D eigenvalue weighted by Gasteiger charge is -2.29. The number of carbonyl (C=O) groups excluding carboxylic acids is 1. The molecule has 0 radical (unpaired) electrons. The monoisotopic (exact) mass is 430 g/mol. The summed E-state index contributed by atoms with van der Waals surface area (Å²) in [5.41, 5.74) is 1.80. The molecule has 1 fully saturated rings. The maximum Gasteiger partial charge on any atom is 0.244 e. The smallest absolute Gasteiger partial charge is 0.244 e. The van der Waals surface area contributed by atoms with Crippen molar-refractivity contribution in [2.24, 2.45) is 0 Å². The molecular weight excluding hydrogens is 408 g/mol. The van der Waals surface area contributed by atoms with Gasteiger partial charge in [-0.3, -0.25) is 14.1 Å². The Hall–Kier alpha value is -2.35. The maximum absolute atomic E-state index is 12.5. The number of methoxy groups -OCH3 is 1. The summed E-state index contributed by atoms with van der Waals surface area (Å²) in [6, 6.07) is 8.09. The number of nitrogens with one attached hydrogen (secondary N) is 1. The molecule has 1 amide bonds. The van der Waals surface area contributed by atoms with Gasteiger partial charge in [-0.25, -0.2) is 4.98 Å². The first-order chi connectivity index (χ1) is 14.2. The molecule has 1 aliphatic heterocycles. The quantitative estimate of drug-likeness (QED) is 0.575. The van der Waals surface area contributed by atoms with Gasteiger partial charge in [0.2, 0.25) is 5.91 Å². The lowest BCUT2D eigenvalue weighted by atomic mass is 10.0. The van der Waals surface area contributed by atoms with Crippen LogP contribution in [-0.4, -0.2) is 46.9 Å². The Bertz CT molecular complexity index is 1020. The fourth-order valence-corrected chi connectivity index (χ4v) is 4.77. The van der Waals surface area contributed by atoms with Crippen LogP contribution in [0.1, 0.15) is 30.1 Å². The van der Waals surface area contributed by atoms with Crippen molar-refractivity contribution < 1.29 is 9.53 Å². The summed E-state index contributed by atoms with van der Waals surface area (Å²) < 4.78 is 7.43. The summed E-state index contributed by atoms with van der Waals surface area (Å²) in [6.45, 7) is 2.56. The van der Waals surface area contributed by atoms with Crippen LogP contribution < -0.4 is 10.1 Å². The Morgan fingerprint density at radius 1 is 1.38 bits per heavy atom. The number of para-hydroxylation sites is 1. The highest BCUT2D eigenvalue weighted by Gasteiger charge is 2.26. The largest absolute Gasteiger partial charge is 0.496 e. The third-order valence-corrected chi connectivity index (χ3v) is 6.23. The minimum absolute atomic E-state index is 0.0770. The molecule has 0 saturated carbocycles. The number of thiazole rings is 1. The molecule has 4 rings (SSSR count). The average Bonchev–Trinajstić information content (AvgIpc) is 3.46. The Kier molecular flexibility index (Phi) is 6.18. The van der Waals surface area contributed by atoms with Crippen LogP contribution in [0, 0.1) is 0 Å². The lowest BCUT2D eigenvalue weighted by Crippen LogP contribution is -2.36. The molecule has 8 heteroatoms. The number of hydrogen-bond acceptors (Lipinski definition) is 5. The molecule has 152 valence electrons. The van der Waals surface area contributed by atoms with Crippen molar-refractivity contribution >= 4 is 39.9 Å². The highest BCUT2D eigenvalue weighted by molar-refractivity contribution is 7.15. The van der Waals surface area contributed by atoms with Gasteiger partial charge in [-0.05, 0) is 38.1 Å². The molecule has 1 unspecified atom stereocenters. The second-order valence-electron chi connectivity index (χ2n) is 6.92. The number of likely N-dealkylation sites (tertiary alicyclic amines) is 1. The van der Waals surface area contributed by atoms with E-state index in [1.165, 1.54) is 30.3 Å². The van der Waals surface area contributed by atoms with Gasteiger partial charge in [-0.2, -0.15) is 0 Å². The lowest BCUT2D eigenvalue weighted by molar-refractivity contribution is -0.116. The summed E-state index contributed by atoms with van der Waals surface area (Å²) in [5.74, 6) is 0.686. The van der Waals surface area contributed by atoms with Gasteiger partial charge < -0.3 is 10.1 Å². The van der Waals surface area contributed by atoms with Crippen LogP contribution in [0.5, 0.6) is 5.75 Å². The Morgan fingerprint density at radius 2 is 2.17 bits per heavy atom. The number of benzene rings is 1. The van der Waals surface area contributed by atoms with Gasteiger partial charge in [-0.15, -0.1) is 11.3 Å². The molecule has 0 bridgehead atoms. The molecule has 0 aliphatic carbocycles. The predicted octanol–water partition coefficient (Wildman–Crippen LogP) is 4.02. The second kappa shape index (κ2) is 8.98. The van der Waals surface area contributed by atoms with E-state index < -0.39 is 0 Å². The fourth-order valence-electron chi connectivity index (χ4n) is 3.77. The number of amides is 1. The van der Waals surface area contributed by atoms with Crippen molar-refractivity contribution in [1.29, 1.82) is 0 Å².